The summed E-state index contributed by atoms with van der Waals surface area (Å²) in [5, 5.41) is 21.3. The van der Waals surface area contributed by atoms with Crippen molar-refractivity contribution in [1.29, 1.82) is 5.41 Å². The maximum absolute atomic E-state index is 14.2. The fourth-order valence-corrected chi connectivity index (χ4v) is 5.59. The lowest BCUT2D eigenvalue weighted by Crippen LogP contribution is -2.30. The van der Waals surface area contributed by atoms with Crippen LogP contribution >= 0.6 is 11.6 Å². The van der Waals surface area contributed by atoms with E-state index in [0.29, 0.717) is 29.2 Å². The molecule has 0 aliphatic carbocycles. The monoisotopic (exact) mass is 659 g/mol. The average molecular weight is 660 g/mol. The van der Waals surface area contributed by atoms with E-state index in [-0.39, 0.29) is 73.0 Å². The van der Waals surface area contributed by atoms with Gasteiger partial charge in [-0.3, -0.25) is 19.7 Å². The fourth-order valence-electron chi connectivity index (χ4n) is 5.42. The zero-order chi connectivity index (χ0) is 33.2. The minimum Gasteiger partial charge on any atom is -0.492 e. The summed E-state index contributed by atoms with van der Waals surface area (Å²) in [6.45, 7) is 2.26. The Bertz CT molecular complexity index is 1830. The number of hydrogen-bond acceptors (Lipinski definition) is 6. The molecule has 5 rings (SSSR count). The summed E-state index contributed by atoms with van der Waals surface area (Å²) in [6, 6.07) is 8.33. The highest BCUT2D eigenvalue weighted by molar-refractivity contribution is 6.32. The lowest BCUT2D eigenvalue weighted by molar-refractivity contribution is -0.141. The maximum Gasteiger partial charge on any atom is 0.435 e. The predicted octanol–water partition coefficient (Wildman–Crippen LogP) is 5.98. The van der Waals surface area contributed by atoms with Crippen LogP contribution in [0.1, 0.15) is 53.4 Å². The number of aryl methyl sites for hydroxylation is 2. The van der Waals surface area contributed by atoms with E-state index in [9.17, 15) is 22.8 Å². The molecule has 0 bridgehead atoms. The molecule has 2 aromatic heterocycles. The van der Waals surface area contributed by atoms with E-state index >= 15 is 0 Å². The molecule has 0 fully saturated rings. The van der Waals surface area contributed by atoms with Crippen LogP contribution in [-0.2, 0) is 37.5 Å². The summed E-state index contributed by atoms with van der Waals surface area (Å²) >= 11 is 6.31. The number of aliphatic carboxylic acids is 1. The van der Waals surface area contributed by atoms with Crippen LogP contribution in [0.25, 0.3) is 11.1 Å². The zero-order valence-corrected chi connectivity index (χ0v) is 26.0. The number of Topliss-reactive ketones (excluding diaryl/α,β-unsaturated/α-hetero) is 1. The van der Waals surface area contributed by atoms with Gasteiger partial charge < -0.3 is 23.7 Å². The topological polar surface area (TPSA) is 124 Å². The standard InChI is InChI=1S/C32H33ClF3N5O5/c1-3-41-17-24(30(38-41)32(34,35)36)22-13-20(16-40-10-9-39(2)31(40)37)14-23-28(44)21(18-46-29(22)23)12-19-7-8-25(33)26(15-19)45-11-5-4-6-27(42)43/h7-10,13-15,17,21,37H,3-6,11-12,16,18H2,1-2H3,(H,42,43). The van der Waals surface area contributed by atoms with Gasteiger partial charge in [0.05, 0.1) is 36.3 Å². The number of rotatable bonds is 12. The first-order chi connectivity index (χ1) is 21.8. The number of halogens is 4. The first-order valence-electron chi connectivity index (χ1n) is 14.7. The average Bonchev–Trinajstić information content (AvgIpc) is 3.59. The first kappa shape index (κ1) is 32.9. The fraction of sp³-hybridized carbons (Fsp3) is 0.375. The zero-order valence-electron chi connectivity index (χ0n) is 25.2. The second-order valence-corrected chi connectivity index (χ2v) is 11.6. The Hall–Kier alpha value is -4.52. The summed E-state index contributed by atoms with van der Waals surface area (Å²) in [5.74, 6) is -1.33. The van der Waals surface area contributed by atoms with Gasteiger partial charge in [-0.05, 0) is 61.6 Å². The third-order valence-electron chi connectivity index (χ3n) is 7.81. The maximum atomic E-state index is 14.2. The van der Waals surface area contributed by atoms with Crippen molar-refractivity contribution in [2.45, 2.75) is 51.9 Å². The first-order valence-corrected chi connectivity index (χ1v) is 15.1. The third-order valence-corrected chi connectivity index (χ3v) is 8.12. The number of aromatic nitrogens is 4. The molecule has 2 aromatic carbocycles. The van der Waals surface area contributed by atoms with Crippen molar-refractivity contribution in [1.82, 2.24) is 18.9 Å². The van der Waals surface area contributed by atoms with Gasteiger partial charge in [0, 0.05) is 49.7 Å². The number of benzene rings is 2. The van der Waals surface area contributed by atoms with Gasteiger partial charge in [-0.25, -0.2) is 0 Å². The van der Waals surface area contributed by atoms with Gasteiger partial charge in [-0.1, -0.05) is 17.7 Å². The Kier molecular flexibility index (Phi) is 9.61. The van der Waals surface area contributed by atoms with Crippen molar-refractivity contribution < 1.29 is 37.3 Å². The van der Waals surface area contributed by atoms with E-state index in [0.717, 1.165) is 5.56 Å². The Labute approximate surface area is 267 Å². The van der Waals surface area contributed by atoms with Crippen LogP contribution in [0.4, 0.5) is 13.2 Å². The summed E-state index contributed by atoms with van der Waals surface area (Å²) in [4.78, 5) is 24.7. The molecule has 1 aliphatic heterocycles. The number of carboxylic acid groups (broad SMARTS) is 1. The van der Waals surface area contributed by atoms with Crippen molar-refractivity contribution in [2.75, 3.05) is 13.2 Å². The molecule has 0 spiro atoms. The molecule has 1 atom stereocenters. The number of fused-ring (bicyclic) bond motifs is 1. The number of ketones is 1. The van der Waals surface area contributed by atoms with E-state index < -0.39 is 23.8 Å². The van der Waals surface area contributed by atoms with Gasteiger partial charge >= 0.3 is 12.1 Å². The van der Waals surface area contributed by atoms with Crippen molar-refractivity contribution >= 4 is 23.4 Å². The van der Waals surface area contributed by atoms with E-state index in [4.69, 9.17) is 31.6 Å². The summed E-state index contributed by atoms with van der Waals surface area (Å²) in [6.07, 6.45) is 1.23. The second kappa shape index (κ2) is 13.5. The molecule has 14 heteroatoms. The highest BCUT2D eigenvalue weighted by Crippen LogP contribution is 2.44. The number of carbonyl (C=O) groups is 2. The Morgan fingerprint density at radius 1 is 1.15 bits per heavy atom. The van der Waals surface area contributed by atoms with E-state index in [2.05, 4.69) is 5.10 Å². The molecule has 4 aromatic rings. The molecule has 46 heavy (non-hydrogen) atoms. The molecule has 0 saturated carbocycles. The Morgan fingerprint density at radius 2 is 1.91 bits per heavy atom. The van der Waals surface area contributed by atoms with Crippen LogP contribution in [0, 0.1) is 11.3 Å². The molecule has 244 valence electrons. The molecule has 0 saturated heterocycles. The molecule has 3 heterocycles. The lowest BCUT2D eigenvalue weighted by Gasteiger charge is -2.27. The predicted molar refractivity (Wildman–Crippen MR) is 162 cm³/mol. The highest BCUT2D eigenvalue weighted by Gasteiger charge is 2.40. The molecule has 1 aliphatic rings. The van der Waals surface area contributed by atoms with Crippen LogP contribution in [0.15, 0.2) is 48.9 Å². The van der Waals surface area contributed by atoms with Crippen LogP contribution < -0.4 is 15.1 Å². The number of carboxylic acids is 1. The lowest BCUT2D eigenvalue weighted by atomic mass is 9.86. The number of hydrogen-bond donors (Lipinski definition) is 2. The minimum atomic E-state index is -4.74. The Balaban J connectivity index is 1.47. The molecular formula is C32H33ClF3N5O5. The summed E-state index contributed by atoms with van der Waals surface area (Å²) in [5.41, 5.74) is 0.458. The van der Waals surface area contributed by atoms with Crippen LogP contribution in [0.5, 0.6) is 11.5 Å². The summed E-state index contributed by atoms with van der Waals surface area (Å²) in [7, 11) is 1.71. The van der Waals surface area contributed by atoms with Gasteiger partial charge in [0.15, 0.2) is 11.5 Å². The molecule has 10 nitrogen and oxygen atoms in total. The normalized spacial score (nSPS) is 14.7. The van der Waals surface area contributed by atoms with Crippen molar-refractivity contribution in [3.05, 3.63) is 81.9 Å². The Morgan fingerprint density at radius 3 is 2.59 bits per heavy atom. The van der Waals surface area contributed by atoms with Gasteiger partial charge in [-0.2, -0.15) is 18.3 Å². The van der Waals surface area contributed by atoms with Gasteiger partial charge in [0.1, 0.15) is 11.5 Å². The van der Waals surface area contributed by atoms with Gasteiger partial charge in [0.25, 0.3) is 0 Å². The van der Waals surface area contributed by atoms with Crippen LogP contribution in [-0.4, -0.2) is 49.0 Å². The number of nitrogens with one attached hydrogen (secondary N) is 1. The smallest absolute Gasteiger partial charge is 0.435 e. The minimum absolute atomic E-state index is 0.0403. The molecule has 1 unspecified atom stereocenters. The van der Waals surface area contributed by atoms with Crippen LogP contribution in [0.3, 0.4) is 0 Å². The largest absolute Gasteiger partial charge is 0.492 e. The molecule has 0 radical (unpaired) electrons. The number of nitrogens with zero attached hydrogens (tertiary/aromatic N) is 4. The van der Waals surface area contributed by atoms with E-state index in [1.807, 2.05) is 0 Å². The number of imidazole rings is 1. The quantitative estimate of drug-likeness (QED) is 0.181. The molecule has 2 N–H and O–H groups in total. The van der Waals surface area contributed by atoms with Crippen LogP contribution in [0.2, 0.25) is 5.02 Å². The SMILES string of the molecule is CCn1cc(-c2cc(Cn3ccn(C)c3=N)cc3c2OCC(Cc2ccc(Cl)c(OCCCCC(=O)O)c2)C3=O)c(C(F)(F)F)n1. The number of carbonyl (C=O) groups excluding carboxylic acids is 1. The van der Waals surface area contributed by atoms with E-state index in [1.165, 1.54) is 10.9 Å². The molecule has 0 amide bonds. The van der Waals surface area contributed by atoms with Gasteiger partial charge in [0.2, 0.25) is 5.62 Å². The van der Waals surface area contributed by atoms with Gasteiger partial charge in [-0.15, -0.1) is 0 Å². The number of unbranched alkanes of at least 4 members (excludes halogenated alkanes) is 1. The number of ether oxygens (including phenoxy) is 2. The third kappa shape index (κ3) is 7.14. The van der Waals surface area contributed by atoms with Crippen molar-refractivity contribution in [2.24, 2.45) is 13.0 Å². The summed E-state index contributed by atoms with van der Waals surface area (Å²) < 4.78 is 58.7. The van der Waals surface area contributed by atoms with E-state index in [1.54, 1.807) is 65.8 Å². The molecular weight excluding hydrogens is 627 g/mol. The van der Waals surface area contributed by atoms with Crippen molar-refractivity contribution in [3.8, 4) is 22.6 Å². The highest BCUT2D eigenvalue weighted by atomic mass is 35.5. The second-order valence-electron chi connectivity index (χ2n) is 11.2. The van der Waals surface area contributed by atoms with Crippen molar-refractivity contribution in [3.63, 3.8) is 0 Å². The number of alkyl halides is 3.